The monoisotopic (exact) mass is 336 g/mol. The number of benzene rings is 1. The van der Waals surface area contributed by atoms with Gasteiger partial charge in [-0.1, -0.05) is 39.3 Å². The lowest BCUT2D eigenvalue weighted by atomic mass is 9.88. The molecule has 0 unspecified atom stereocenters. The summed E-state index contributed by atoms with van der Waals surface area (Å²) in [5.74, 6) is 1.16. The Morgan fingerprint density at radius 2 is 1.74 bits per heavy atom. The number of nitrogens with zero attached hydrogens (tertiary/aromatic N) is 1. The molecule has 0 fully saturated rings. The van der Waals surface area contributed by atoms with Gasteiger partial charge in [0.25, 0.3) is 0 Å². The molecule has 0 bridgehead atoms. The van der Waals surface area contributed by atoms with Crippen LogP contribution in [0.1, 0.15) is 62.3 Å². The van der Waals surface area contributed by atoms with Gasteiger partial charge in [-0.3, -0.25) is 4.99 Å². The Morgan fingerprint density at radius 1 is 1.09 bits per heavy atom. The standard InChI is InChI=1S/C20H32N2.ClH/c1-15-12-17(8-6-7-9-20(3,4)5)13-16(2)18(15)14-19-21-10-11-22-19;/h12-13H,6-11,14H2,1-5H3,(H,21,22);1H. The third-order valence-corrected chi connectivity index (χ3v) is 4.49. The molecule has 0 saturated heterocycles. The zero-order valence-corrected chi connectivity index (χ0v) is 16.3. The maximum atomic E-state index is 4.52. The fraction of sp³-hybridized carbons (Fsp3) is 0.650. The number of aryl methyl sites for hydroxylation is 3. The van der Waals surface area contributed by atoms with E-state index in [1.54, 1.807) is 0 Å². The van der Waals surface area contributed by atoms with Crippen LogP contribution >= 0.6 is 12.4 Å². The van der Waals surface area contributed by atoms with Crippen molar-refractivity contribution in [3.05, 3.63) is 34.4 Å². The van der Waals surface area contributed by atoms with Gasteiger partial charge >= 0.3 is 0 Å². The number of hydrogen-bond acceptors (Lipinski definition) is 2. The van der Waals surface area contributed by atoms with Gasteiger partial charge in [0.15, 0.2) is 0 Å². The smallest absolute Gasteiger partial charge is 0.101 e. The Balaban J connectivity index is 0.00000264. The first-order chi connectivity index (χ1) is 10.3. The van der Waals surface area contributed by atoms with Crippen molar-refractivity contribution in [1.82, 2.24) is 5.32 Å². The predicted octanol–water partition coefficient (Wildman–Crippen LogP) is 5.03. The molecule has 0 spiro atoms. The number of aliphatic imine (C=N–C) groups is 1. The fourth-order valence-electron chi connectivity index (χ4n) is 3.22. The highest BCUT2D eigenvalue weighted by molar-refractivity contribution is 5.86. The third kappa shape index (κ3) is 6.55. The van der Waals surface area contributed by atoms with E-state index < -0.39 is 0 Å². The average molecular weight is 337 g/mol. The van der Waals surface area contributed by atoms with E-state index in [4.69, 9.17) is 0 Å². The summed E-state index contributed by atoms with van der Waals surface area (Å²) in [5.41, 5.74) is 6.25. The van der Waals surface area contributed by atoms with Gasteiger partial charge in [0.05, 0.1) is 6.54 Å². The lowest BCUT2D eigenvalue weighted by molar-refractivity contribution is 0.360. The summed E-state index contributed by atoms with van der Waals surface area (Å²) in [6, 6.07) is 4.77. The van der Waals surface area contributed by atoms with Gasteiger partial charge in [0.2, 0.25) is 0 Å². The van der Waals surface area contributed by atoms with Crippen molar-refractivity contribution in [1.29, 1.82) is 0 Å². The zero-order chi connectivity index (χ0) is 16.2. The largest absolute Gasteiger partial charge is 0.372 e. The molecular weight excluding hydrogens is 304 g/mol. The van der Waals surface area contributed by atoms with E-state index in [0.29, 0.717) is 5.41 Å². The van der Waals surface area contributed by atoms with E-state index in [1.807, 2.05) is 0 Å². The molecule has 3 heteroatoms. The molecule has 0 atom stereocenters. The minimum atomic E-state index is 0. The molecule has 130 valence electrons. The van der Waals surface area contributed by atoms with Crippen LogP contribution in [0.2, 0.25) is 0 Å². The number of rotatable bonds is 6. The minimum Gasteiger partial charge on any atom is -0.372 e. The highest BCUT2D eigenvalue weighted by Crippen LogP contribution is 2.23. The molecule has 1 aliphatic rings. The first kappa shape index (κ1) is 20.0. The maximum absolute atomic E-state index is 4.52. The molecule has 2 nitrogen and oxygen atoms in total. The maximum Gasteiger partial charge on any atom is 0.101 e. The Labute approximate surface area is 148 Å². The summed E-state index contributed by atoms with van der Waals surface area (Å²) in [5, 5.41) is 3.38. The first-order valence-electron chi connectivity index (χ1n) is 8.71. The van der Waals surface area contributed by atoms with Crippen LogP contribution in [0, 0.1) is 19.3 Å². The van der Waals surface area contributed by atoms with E-state index >= 15 is 0 Å². The first-order valence-corrected chi connectivity index (χ1v) is 8.71. The molecule has 1 aromatic rings. The van der Waals surface area contributed by atoms with Crippen molar-refractivity contribution in [2.45, 2.75) is 66.7 Å². The second kappa shape index (κ2) is 8.73. The van der Waals surface area contributed by atoms with Gasteiger partial charge in [-0.25, -0.2) is 0 Å². The van der Waals surface area contributed by atoms with Crippen molar-refractivity contribution >= 4 is 18.2 Å². The lowest BCUT2D eigenvalue weighted by Gasteiger charge is -2.18. The Morgan fingerprint density at radius 3 is 2.26 bits per heavy atom. The van der Waals surface area contributed by atoms with Crippen LogP contribution in [-0.2, 0) is 12.8 Å². The molecular formula is C20H33ClN2. The van der Waals surface area contributed by atoms with Crippen LogP contribution in [0.15, 0.2) is 17.1 Å². The van der Waals surface area contributed by atoms with Gasteiger partial charge in [0, 0.05) is 13.0 Å². The van der Waals surface area contributed by atoms with Crippen LogP contribution in [-0.4, -0.2) is 18.9 Å². The van der Waals surface area contributed by atoms with E-state index in [0.717, 1.165) is 25.3 Å². The predicted molar refractivity (Wildman–Crippen MR) is 104 cm³/mol. The van der Waals surface area contributed by atoms with E-state index in [2.05, 4.69) is 57.1 Å². The lowest BCUT2D eigenvalue weighted by Crippen LogP contribution is -2.21. The van der Waals surface area contributed by atoms with Crippen LogP contribution < -0.4 is 5.32 Å². The van der Waals surface area contributed by atoms with Gasteiger partial charge in [-0.2, -0.15) is 0 Å². The van der Waals surface area contributed by atoms with E-state index in [1.165, 1.54) is 47.9 Å². The van der Waals surface area contributed by atoms with E-state index in [9.17, 15) is 0 Å². The summed E-state index contributed by atoms with van der Waals surface area (Å²) in [6.07, 6.45) is 6.10. The molecule has 1 aliphatic heterocycles. The molecule has 2 rings (SSSR count). The van der Waals surface area contributed by atoms with Crippen LogP contribution in [0.4, 0.5) is 0 Å². The summed E-state index contributed by atoms with van der Waals surface area (Å²) in [6.45, 7) is 13.4. The van der Waals surface area contributed by atoms with Crippen LogP contribution in [0.5, 0.6) is 0 Å². The number of hydrogen-bond donors (Lipinski definition) is 1. The van der Waals surface area contributed by atoms with Crippen LogP contribution in [0.25, 0.3) is 0 Å². The molecule has 23 heavy (non-hydrogen) atoms. The molecule has 1 heterocycles. The summed E-state index contributed by atoms with van der Waals surface area (Å²) >= 11 is 0. The molecule has 0 aromatic heterocycles. The van der Waals surface area contributed by atoms with Crippen molar-refractivity contribution < 1.29 is 0 Å². The Bertz CT molecular complexity index is 518. The van der Waals surface area contributed by atoms with E-state index in [-0.39, 0.29) is 12.4 Å². The van der Waals surface area contributed by atoms with Crippen molar-refractivity contribution in [3.8, 4) is 0 Å². The Hall–Kier alpha value is -1.02. The van der Waals surface area contributed by atoms with Gasteiger partial charge in [-0.15, -0.1) is 12.4 Å². The summed E-state index contributed by atoms with van der Waals surface area (Å²) < 4.78 is 0. The van der Waals surface area contributed by atoms with Gasteiger partial charge < -0.3 is 5.32 Å². The molecule has 0 amide bonds. The minimum absolute atomic E-state index is 0. The van der Waals surface area contributed by atoms with Crippen molar-refractivity contribution in [3.63, 3.8) is 0 Å². The number of unbranched alkanes of at least 4 members (excludes halogenated alkanes) is 1. The fourth-order valence-corrected chi connectivity index (χ4v) is 3.22. The SMILES string of the molecule is Cc1cc(CCCCC(C)(C)C)cc(C)c1CC1=NCCN1.Cl. The number of halogens is 1. The number of nitrogens with one attached hydrogen (secondary N) is 1. The average Bonchev–Trinajstić information content (AvgIpc) is 2.91. The van der Waals surface area contributed by atoms with Crippen molar-refractivity contribution in [2.24, 2.45) is 10.4 Å². The summed E-state index contributed by atoms with van der Waals surface area (Å²) in [7, 11) is 0. The highest BCUT2D eigenvalue weighted by atomic mass is 35.5. The van der Waals surface area contributed by atoms with Crippen LogP contribution in [0.3, 0.4) is 0 Å². The highest BCUT2D eigenvalue weighted by Gasteiger charge is 2.12. The van der Waals surface area contributed by atoms with Gasteiger partial charge in [0.1, 0.15) is 5.84 Å². The molecule has 1 N–H and O–H groups in total. The molecule has 0 saturated carbocycles. The third-order valence-electron chi connectivity index (χ3n) is 4.49. The normalized spacial score (nSPS) is 14.2. The van der Waals surface area contributed by atoms with Gasteiger partial charge in [-0.05, 0) is 60.8 Å². The molecule has 1 aromatic carbocycles. The second-order valence-corrected chi connectivity index (χ2v) is 7.91. The molecule has 0 radical (unpaired) electrons. The topological polar surface area (TPSA) is 24.4 Å². The number of amidine groups is 1. The quantitative estimate of drug-likeness (QED) is 0.724. The summed E-state index contributed by atoms with van der Waals surface area (Å²) in [4.78, 5) is 4.52. The molecule has 0 aliphatic carbocycles. The zero-order valence-electron chi connectivity index (χ0n) is 15.5. The second-order valence-electron chi connectivity index (χ2n) is 7.91. The van der Waals surface area contributed by atoms with Crippen molar-refractivity contribution in [2.75, 3.05) is 13.1 Å². The Kier molecular flexibility index (Phi) is 7.60.